The van der Waals surface area contributed by atoms with Gasteiger partial charge in [0.1, 0.15) is 0 Å². The highest BCUT2D eigenvalue weighted by Gasteiger charge is 2.31. The van der Waals surface area contributed by atoms with Gasteiger partial charge in [0.25, 0.3) is 0 Å². The summed E-state index contributed by atoms with van der Waals surface area (Å²) in [5.74, 6) is 0. The van der Waals surface area contributed by atoms with Crippen LogP contribution in [-0.2, 0) is 0 Å². The van der Waals surface area contributed by atoms with Gasteiger partial charge < -0.3 is 0 Å². The average Bonchev–Trinajstić information content (AvgIpc) is 3.85. The summed E-state index contributed by atoms with van der Waals surface area (Å²) in [5.41, 5.74) is 15.5. The van der Waals surface area contributed by atoms with E-state index in [1.807, 2.05) is 11.3 Å². The topological polar surface area (TPSA) is 0 Å². The first-order valence-corrected chi connectivity index (χ1v) is 21.2. The van der Waals surface area contributed by atoms with Crippen molar-refractivity contribution in [3.05, 3.63) is 206 Å². The second-order valence-electron chi connectivity index (χ2n) is 15.9. The summed E-state index contributed by atoms with van der Waals surface area (Å²) in [6.07, 6.45) is 0. The molecule has 0 saturated carbocycles. The van der Waals surface area contributed by atoms with Gasteiger partial charge >= 0.3 is 0 Å². The molecule has 272 valence electrons. The van der Waals surface area contributed by atoms with E-state index in [9.17, 15) is 0 Å². The van der Waals surface area contributed by atoms with Crippen molar-refractivity contribution in [2.45, 2.75) is 0 Å². The fraction of sp³-hybridized carbons (Fsp3) is 0. The lowest BCUT2D eigenvalue weighted by Gasteiger charge is -2.21. The standard InChI is InChI=1S/C58H34S/c1-2-15-37(16-3-1)42-21-10-24-48-49-25-12-23-47(58(49)59-57(42)48)43-31-32-51-54-44(43)22-11-26-50(54)55-52(40-29-27-35-13-4-6-17-38(35)33-40)45-19-8-9-20-46(45)53(56(51)55)41-30-28-36-14-5-7-18-39(36)34-41/h1-34H. The maximum Gasteiger partial charge on any atom is 0.0434 e. The van der Waals surface area contributed by atoms with Gasteiger partial charge in [0.15, 0.2) is 0 Å². The molecule has 0 saturated heterocycles. The van der Waals surface area contributed by atoms with Crippen molar-refractivity contribution in [3.63, 3.8) is 0 Å². The summed E-state index contributed by atoms with van der Waals surface area (Å²) >= 11 is 1.93. The maximum absolute atomic E-state index is 2.43. The number of rotatable bonds is 4. The molecule has 1 heterocycles. The molecule has 0 radical (unpaired) electrons. The van der Waals surface area contributed by atoms with Crippen LogP contribution in [0.1, 0.15) is 0 Å². The third-order valence-corrected chi connectivity index (χ3v) is 14.1. The highest BCUT2D eigenvalue weighted by molar-refractivity contribution is 7.26. The zero-order valence-electron chi connectivity index (χ0n) is 32.0. The van der Waals surface area contributed by atoms with Gasteiger partial charge in [-0.2, -0.15) is 0 Å². The van der Waals surface area contributed by atoms with Crippen molar-refractivity contribution in [2.24, 2.45) is 0 Å². The molecule has 12 aromatic rings. The number of thiophene rings is 1. The van der Waals surface area contributed by atoms with E-state index in [4.69, 9.17) is 0 Å². The number of benzene rings is 11. The smallest absolute Gasteiger partial charge is 0.0434 e. The van der Waals surface area contributed by atoms with Crippen molar-refractivity contribution < 1.29 is 0 Å². The van der Waals surface area contributed by atoms with Gasteiger partial charge in [-0.1, -0.05) is 194 Å². The molecule has 0 amide bonds. The van der Waals surface area contributed by atoms with Crippen LogP contribution in [0.3, 0.4) is 0 Å². The number of hydrogen-bond acceptors (Lipinski definition) is 1. The van der Waals surface area contributed by atoms with Crippen LogP contribution in [0.15, 0.2) is 206 Å². The van der Waals surface area contributed by atoms with Gasteiger partial charge in [-0.15, -0.1) is 11.3 Å². The molecule has 0 nitrogen and oxygen atoms in total. The molecule has 0 fully saturated rings. The quantitative estimate of drug-likeness (QED) is 0.167. The van der Waals surface area contributed by atoms with Crippen LogP contribution in [0.5, 0.6) is 0 Å². The molecule has 1 aliphatic rings. The molecular formula is C58H34S. The van der Waals surface area contributed by atoms with Crippen molar-refractivity contribution in [1.29, 1.82) is 0 Å². The second kappa shape index (κ2) is 12.6. The average molecular weight is 763 g/mol. The molecule has 59 heavy (non-hydrogen) atoms. The fourth-order valence-electron chi connectivity index (χ4n) is 10.2. The molecule has 1 aromatic heterocycles. The second-order valence-corrected chi connectivity index (χ2v) is 16.9. The van der Waals surface area contributed by atoms with Crippen LogP contribution in [-0.4, -0.2) is 0 Å². The van der Waals surface area contributed by atoms with E-state index in [0.717, 1.165) is 0 Å². The van der Waals surface area contributed by atoms with Gasteiger partial charge in [-0.25, -0.2) is 0 Å². The van der Waals surface area contributed by atoms with Crippen molar-refractivity contribution in [3.8, 4) is 66.8 Å². The lowest BCUT2D eigenvalue weighted by molar-refractivity contribution is 1.65. The summed E-state index contributed by atoms with van der Waals surface area (Å²) in [5, 5.41) is 12.8. The maximum atomic E-state index is 2.43. The van der Waals surface area contributed by atoms with Crippen molar-refractivity contribution >= 4 is 74.6 Å². The molecule has 1 heteroatoms. The molecule has 0 aliphatic heterocycles. The van der Waals surface area contributed by atoms with Crippen LogP contribution in [0, 0.1) is 0 Å². The van der Waals surface area contributed by atoms with Crippen LogP contribution in [0.2, 0.25) is 0 Å². The molecule has 0 spiro atoms. The van der Waals surface area contributed by atoms with E-state index >= 15 is 0 Å². The van der Waals surface area contributed by atoms with E-state index in [2.05, 4.69) is 206 Å². The molecule has 13 rings (SSSR count). The first-order valence-electron chi connectivity index (χ1n) is 20.4. The minimum Gasteiger partial charge on any atom is -0.134 e. The Hall–Kier alpha value is -7.32. The first kappa shape index (κ1) is 32.7. The number of fused-ring (bicyclic) bond motifs is 9. The van der Waals surface area contributed by atoms with E-state index in [1.54, 1.807) is 0 Å². The Morgan fingerprint density at radius 3 is 1.32 bits per heavy atom. The first-order chi connectivity index (χ1) is 29.3. The SMILES string of the molecule is c1ccc(-c2cccc3c2sc2c(-c4ccc5c6c(cccc46)-c4c-5c(-c5ccc6ccccc6c5)c5ccccc5c4-c4ccc5ccccc5c4)cccc23)cc1. The normalized spacial score (nSPS) is 12.1. The number of hydrogen-bond donors (Lipinski definition) is 0. The van der Waals surface area contributed by atoms with Crippen LogP contribution in [0.25, 0.3) is 130 Å². The molecule has 0 atom stereocenters. The third-order valence-electron chi connectivity index (χ3n) is 12.8. The minimum atomic E-state index is 1.25. The van der Waals surface area contributed by atoms with Gasteiger partial charge in [0.2, 0.25) is 0 Å². The molecule has 0 bridgehead atoms. The molecule has 1 aliphatic carbocycles. The highest BCUT2D eigenvalue weighted by atomic mass is 32.1. The summed E-state index contributed by atoms with van der Waals surface area (Å²) in [4.78, 5) is 0. The molecular weight excluding hydrogens is 729 g/mol. The fourth-order valence-corrected chi connectivity index (χ4v) is 11.6. The Bertz CT molecular complexity index is 3580. The van der Waals surface area contributed by atoms with Gasteiger partial charge in [0.05, 0.1) is 0 Å². The van der Waals surface area contributed by atoms with Crippen molar-refractivity contribution in [1.82, 2.24) is 0 Å². The molecule has 0 unspecified atom stereocenters. The van der Waals surface area contributed by atoms with Gasteiger partial charge in [-0.3, -0.25) is 0 Å². The van der Waals surface area contributed by atoms with Gasteiger partial charge in [-0.05, 0) is 116 Å². The van der Waals surface area contributed by atoms with E-state index in [1.165, 1.54) is 130 Å². The summed E-state index contributed by atoms with van der Waals surface area (Å²) < 4.78 is 2.67. The van der Waals surface area contributed by atoms with Crippen LogP contribution >= 0.6 is 11.3 Å². The Kier molecular flexibility index (Phi) is 6.98. The summed E-state index contributed by atoms with van der Waals surface area (Å²) in [6, 6.07) is 76.9. The highest BCUT2D eigenvalue weighted by Crippen LogP contribution is 2.59. The van der Waals surface area contributed by atoms with E-state index in [0.29, 0.717) is 0 Å². The largest absolute Gasteiger partial charge is 0.134 e. The Morgan fingerprint density at radius 1 is 0.237 bits per heavy atom. The van der Waals surface area contributed by atoms with E-state index in [-0.39, 0.29) is 0 Å². The zero-order valence-corrected chi connectivity index (χ0v) is 32.9. The van der Waals surface area contributed by atoms with E-state index < -0.39 is 0 Å². The third kappa shape index (κ3) is 4.77. The summed E-state index contributed by atoms with van der Waals surface area (Å²) in [7, 11) is 0. The minimum absolute atomic E-state index is 1.25. The monoisotopic (exact) mass is 762 g/mol. The molecule has 0 N–H and O–H groups in total. The predicted molar refractivity (Wildman–Crippen MR) is 256 cm³/mol. The van der Waals surface area contributed by atoms with Crippen LogP contribution < -0.4 is 0 Å². The van der Waals surface area contributed by atoms with Gasteiger partial charge in [0, 0.05) is 25.7 Å². The van der Waals surface area contributed by atoms with Crippen molar-refractivity contribution in [2.75, 3.05) is 0 Å². The Labute approximate surface area is 345 Å². The Morgan fingerprint density at radius 2 is 0.695 bits per heavy atom. The summed E-state index contributed by atoms with van der Waals surface area (Å²) in [6.45, 7) is 0. The lowest BCUT2D eigenvalue weighted by Crippen LogP contribution is -1.94. The lowest BCUT2D eigenvalue weighted by atomic mass is 9.82. The Balaban J connectivity index is 1.13. The van der Waals surface area contributed by atoms with Crippen LogP contribution in [0.4, 0.5) is 0 Å². The predicted octanol–water partition coefficient (Wildman–Crippen LogP) is 17.0. The molecule has 11 aromatic carbocycles. The zero-order chi connectivity index (χ0) is 38.6.